The van der Waals surface area contributed by atoms with Gasteiger partial charge in [-0.05, 0) is 48.9 Å². The Hall–Kier alpha value is -3.41. The van der Waals surface area contributed by atoms with Crippen LogP contribution < -0.4 is 15.6 Å². The average Bonchev–Trinajstić information content (AvgIpc) is 2.69. The van der Waals surface area contributed by atoms with Gasteiger partial charge in [0.05, 0.1) is 0 Å². The summed E-state index contributed by atoms with van der Waals surface area (Å²) in [4.78, 5) is 24.2. The van der Waals surface area contributed by atoms with Crippen molar-refractivity contribution in [3.05, 3.63) is 82.8 Å². The first-order chi connectivity index (χ1) is 13.2. The number of benzene rings is 2. The lowest BCUT2D eigenvalue weighted by Crippen LogP contribution is -2.26. The standard InChI is InChI=1S/C21H21N3O3/c1-2-3-15-24-20(25)14-13-19(23-24)21(26)22-16-9-11-18(12-10-16)27-17-7-5-4-6-8-17/h4-14H,2-3,15H2,1H3,(H,22,26). The highest BCUT2D eigenvalue weighted by Gasteiger charge is 2.10. The van der Waals surface area contributed by atoms with Crippen LogP contribution in [-0.2, 0) is 6.54 Å². The van der Waals surface area contributed by atoms with Crippen LogP contribution in [-0.4, -0.2) is 15.7 Å². The molecule has 0 aliphatic carbocycles. The zero-order valence-electron chi connectivity index (χ0n) is 15.1. The van der Waals surface area contributed by atoms with Crippen LogP contribution in [0.1, 0.15) is 30.3 Å². The summed E-state index contributed by atoms with van der Waals surface area (Å²) in [6, 6.07) is 19.3. The van der Waals surface area contributed by atoms with E-state index in [0.717, 1.165) is 18.6 Å². The van der Waals surface area contributed by atoms with Crippen molar-refractivity contribution in [1.82, 2.24) is 9.78 Å². The molecule has 0 fully saturated rings. The molecule has 0 aliphatic rings. The Balaban J connectivity index is 1.66. The number of nitrogens with one attached hydrogen (secondary N) is 1. The van der Waals surface area contributed by atoms with Crippen molar-refractivity contribution in [2.24, 2.45) is 0 Å². The molecule has 0 bridgehead atoms. The molecule has 1 amide bonds. The number of rotatable bonds is 7. The molecular weight excluding hydrogens is 342 g/mol. The molecule has 0 atom stereocenters. The van der Waals surface area contributed by atoms with E-state index in [1.165, 1.54) is 16.8 Å². The van der Waals surface area contributed by atoms with Crippen molar-refractivity contribution in [1.29, 1.82) is 0 Å². The van der Waals surface area contributed by atoms with E-state index in [-0.39, 0.29) is 17.2 Å². The Morgan fingerprint density at radius 2 is 1.70 bits per heavy atom. The first kappa shape index (κ1) is 18.4. The summed E-state index contributed by atoms with van der Waals surface area (Å²) in [5, 5.41) is 6.93. The first-order valence-electron chi connectivity index (χ1n) is 8.88. The third kappa shape index (κ3) is 5.04. The number of para-hydroxylation sites is 1. The van der Waals surface area contributed by atoms with Crippen LogP contribution in [0.5, 0.6) is 11.5 Å². The summed E-state index contributed by atoms with van der Waals surface area (Å²) in [6.45, 7) is 2.54. The number of ether oxygens (including phenoxy) is 1. The van der Waals surface area contributed by atoms with Gasteiger partial charge in [0.2, 0.25) is 0 Å². The number of amides is 1. The number of hydrogen-bond donors (Lipinski definition) is 1. The molecule has 6 nitrogen and oxygen atoms in total. The number of carbonyl (C=O) groups is 1. The zero-order valence-corrected chi connectivity index (χ0v) is 15.1. The number of carbonyl (C=O) groups excluding carboxylic acids is 1. The Morgan fingerprint density at radius 3 is 2.41 bits per heavy atom. The van der Waals surface area contributed by atoms with E-state index in [1.54, 1.807) is 24.3 Å². The first-order valence-corrected chi connectivity index (χ1v) is 8.88. The molecule has 0 spiro atoms. The second kappa shape index (κ2) is 8.80. The van der Waals surface area contributed by atoms with Crippen LogP contribution in [0.3, 0.4) is 0 Å². The molecule has 0 unspecified atom stereocenters. The van der Waals surface area contributed by atoms with Gasteiger partial charge in [-0.3, -0.25) is 9.59 Å². The molecule has 0 aliphatic heterocycles. The van der Waals surface area contributed by atoms with Crippen LogP contribution in [0.4, 0.5) is 5.69 Å². The van der Waals surface area contributed by atoms with Crippen LogP contribution in [0.15, 0.2) is 71.5 Å². The highest BCUT2D eigenvalue weighted by atomic mass is 16.5. The molecule has 1 N–H and O–H groups in total. The van der Waals surface area contributed by atoms with Gasteiger partial charge in [0.25, 0.3) is 11.5 Å². The molecule has 0 saturated carbocycles. The molecule has 27 heavy (non-hydrogen) atoms. The van der Waals surface area contributed by atoms with Gasteiger partial charge >= 0.3 is 0 Å². The lowest BCUT2D eigenvalue weighted by atomic mass is 10.2. The summed E-state index contributed by atoms with van der Waals surface area (Å²) in [6.07, 6.45) is 1.78. The van der Waals surface area contributed by atoms with Gasteiger partial charge in [0.15, 0.2) is 0 Å². The van der Waals surface area contributed by atoms with E-state index in [4.69, 9.17) is 4.74 Å². The third-order valence-electron chi connectivity index (χ3n) is 3.91. The van der Waals surface area contributed by atoms with E-state index in [2.05, 4.69) is 10.4 Å². The molecule has 6 heteroatoms. The number of aryl methyl sites for hydroxylation is 1. The Kier molecular flexibility index (Phi) is 5.99. The summed E-state index contributed by atoms with van der Waals surface area (Å²) < 4.78 is 7.05. The number of nitrogens with zero attached hydrogens (tertiary/aromatic N) is 2. The second-order valence-corrected chi connectivity index (χ2v) is 6.03. The summed E-state index contributed by atoms with van der Waals surface area (Å²) in [7, 11) is 0. The Labute approximate surface area is 157 Å². The average molecular weight is 363 g/mol. The van der Waals surface area contributed by atoms with Gasteiger partial charge < -0.3 is 10.1 Å². The summed E-state index contributed by atoms with van der Waals surface area (Å²) in [5.74, 6) is 1.05. The van der Waals surface area contributed by atoms with Crippen LogP contribution in [0.2, 0.25) is 0 Å². The Morgan fingerprint density at radius 1 is 1.00 bits per heavy atom. The van der Waals surface area contributed by atoms with Crippen molar-refractivity contribution in [3.63, 3.8) is 0 Å². The predicted molar refractivity (Wildman–Crippen MR) is 104 cm³/mol. The highest BCUT2D eigenvalue weighted by Crippen LogP contribution is 2.22. The minimum absolute atomic E-state index is 0.204. The van der Waals surface area contributed by atoms with Gasteiger partial charge in [0, 0.05) is 18.3 Å². The highest BCUT2D eigenvalue weighted by molar-refractivity contribution is 6.02. The van der Waals surface area contributed by atoms with Crippen molar-refractivity contribution < 1.29 is 9.53 Å². The minimum atomic E-state index is -0.364. The van der Waals surface area contributed by atoms with Gasteiger partial charge in [-0.15, -0.1) is 0 Å². The van der Waals surface area contributed by atoms with Gasteiger partial charge in [0.1, 0.15) is 17.2 Å². The third-order valence-corrected chi connectivity index (χ3v) is 3.91. The maximum absolute atomic E-state index is 12.4. The van der Waals surface area contributed by atoms with Crippen LogP contribution in [0.25, 0.3) is 0 Å². The van der Waals surface area contributed by atoms with E-state index in [1.807, 2.05) is 37.3 Å². The number of unbranched alkanes of at least 4 members (excludes halogenated alkanes) is 1. The zero-order chi connectivity index (χ0) is 19.1. The van der Waals surface area contributed by atoms with E-state index in [0.29, 0.717) is 18.0 Å². The largest absolute Gasteiger partial charge is 0.457 e. The van der Waals surface area contributed by atoms with Gasteiger partial charge in [-0.2, -0.15) is 5.10 Å². The maximum atomic E-state index is 12.4. The molecule has 1 aromatic heterocycles. The number of anilines is 1. The molecule has 1 heterocycles. The molecular formula is C21H21N3O3. The fourth-order valence-corrected chi connectivity index (χ4v) is 2.46. The lowest BCUT2D eigenvalue weighted by Gasteiger charge is -2.09. The fraction of sp³-hybridized carbons (Fsp3) is 0.190. The summed E-state index contributed by atoms with van der Waals surface area (Å²) in [5.41, 5.74) is 0.617. The lowest BCUT2D eigenvalue weighted by molar-refractivity contribution is 0.101. The summed E-state index contributed by atoms with van der Waals surface area (Å²) >= 11 is 0. The topological polar surface area (TPSA) is 73.2 Å². The SMILES string of the molecule is CCCCn1nc(C(=O)Nc2ccc(Oc3ccccc3)cc2)ccc1=O. The van der Waals surface area contributed by atoms with Crippen LogP contribution >= 0.6 is 0 Å². The molecule has 138 valence electrons. The van der Waals surface area contributed by atoms with Crippen molar-refractivity contribution in [2.45, 2.75) is 26.3 Å². The monoisotopic (exact) mass is 363 g/mol. The van der Waals surface area contributed by atoms with E-state index >= 15 is 0 Å². The maximum Gasteiger partial charge on any atom is 0.276 e. The minimum Gasteiger partial charge on any atom is -0.457 e. The molecule has 0 radical (unpaired) electrons. The molecule has 3 aromatic rings. The van der Waals surface area contributed by atoms with Crippen molar-refractivity contribution in [3.8, 4) is 11.5 Å². The molecule has 0 saturated heterocycles. The van der Waals surface area contributed by atoms with Gasteiger partial charge in [-0.25, -0.2) is 4.68 Å². The number of aromatic nitrogens is 2. The molecule has 2 aromatic carbocycles. The molecule has 3 rings (SSSR count). The van der Waals surface area contributed by atoms with Crippen LogP contribution in [0, 0.1) is 0 Å². The van der Waals surface area contributed by atoms with Gasteiger partial charge in [-0.1, -0.05) is 31.5 Å². The van der Waals surface area contributed by atoms with E-state index < -0.39 is 0 Å². The quantitative estimate of drug-likeness (QED) is 0.686. The number of hydrogen-bond acceptors (Lipinski definition) is 4. The second-order valence-electron chi connectivity index (χ2n) is 6.03. The fourth-order valence-electron chi connectivity index (χ4n) is 2.46. The smallest absolute Gasteiger partial charge is 0.276 e. The van der Waals surface area contributed by atoms with Crippen molar-refractivity contribution in [2.75, 3.05) is 5.32 Å². The van der Waals surface area contributed by atoms with E-state index in [9.17, 15) is 9.59 Å². The normalized spacial score (nSPS) is 10.4. The Bertz CT molecular complexity index is 950. The van der Waals surface area contributed by atoms with Crippen molar-refractivity contribution >= 4 is 11.6 Å². The predicted octanol–water partition coefficient (Wildman–Crippen LogP) is 4.09.